The maximum absolute atomic E-state index is 12.1. The number of rotatable bonds is 7. The lowest BCUT2D eigenvalue weighted by molar-refractivity contribution is -0.117. The summed E-state index contributed by atoms with van der Waals surface area (Å²) in [5.74, 6) is -0.00706. The Labute approximate surface area is 164 Å². The van der Waals surface area contributed by atoms with E-state index in [1.54, 1.807) is 11.3 Å². The molecule has 0 spiro atoms. The third-order valence-electron chi connectivity index (χ3n) is 4.01. The minimum atomic E-state index is -0.192. The number of carbonyl (C=O) groups excluding carboxylic acids is 1. The van der Waals surface area contributed by atoms with E-state index in [0.29, 0.717) is 0 Å². The Kier molecular flexibility index (Phi) is 7.57. The molecule has 4 nitrogen and oxygen atoms in total. The van der Waals surface area contributed by atoms with Crippen LogP contribution in [0.25, 0.3) is 10.2 Å². The van der Waals surface area contributed by atoms with E-state index in [9.17, 15) is 4.79 Å². The van der Waals surface area contributed by atoms with Gasteiger partial charge < -0.3 is 10.6 Å². The van der Waals surface area contributed by atoms with Gasteiger partial charge in [-0.05, 0) is 49.7 Å². The first-order valence-electron chi connectivity index (χ1n) is 8.63. The Balaban J connectivity index is 0.00000243. The Morgan fingerprint density at radius 2 is 1.88 bits per heavy atom. The first kappa shape index (κ1) is 20.4. The second kappa shape index (κ2) is 9.67. The SMILES string of the molecule is CCCNC(C)C(=O)Nc1ccc(Cc2nc3ccccc3s2)cc1.Cl. The molecule has 0 radical (unpaired) electrons. The number of carbonyl (C=O) groups is 1. The Morgan fingerprint density at radius 1 is 1.15 bits per heavy atom. The zero-order valence-corrected chi connectivity index (χ0v) is 16.6. The number of anilines is 1. The van der Waals surface area contributed by atoms with Crippen molar-refractivity contribution < 1.29 is 4.79 Å². The molecule has 0 aliphatic carbocycles. The largest absolute Gasteiger partial charge is 0.325 e. The molecule has 0 fully saturated rings. The zero-order valence-electron chi connectivity index (χ0n) is 15.0. The van der Waals surface area contributed by atoms with Crippen LogP contribution in [0, 0.1) is 0 Å². The molecule has 138 valence electrons. The summed E-state index contributed by atoms with van der Waals surface area (Å²) >= 11 is 1.73. The Morgan fingerprint density at radius 3 is 2.58 bits per heavy atom. The van der Waals surface area contributed by atoms with Crippen molar-refractivity contribution in [1.29, 1.82) is 0 Å². The van der Waals surface area contributed by atoms with Gasteiger partial charge in [0.25, 0.3) is 0 Å². The van der Waals surface area contributed by atoms with Crippen LogP contribution < -0.4 is 10.6 Å². The number of nitrogens with zero attached hydrogens (tertiary/aromatic N) is 1. The molecule has 2 N–H and O–H groups in total. The highest BCUT2D eigenvalue weighted by Gasteiger charge is 2.11. The first-order valence-corrected chi connectivity index (χ1v) is 9.45. The fourth-order valence-corrected chi connectivity index (χ4v) is 3.58. The molecule has 26 heavy (non-hydrogen) atoms. The van der Waals surface area contributed by atoms with E-state index < -0.39 is 0 Å². The first-order chi connectivity index (χ1) is 12.2. The van der Waals surface area contributed by atoms with Crippen LogP contribution in [-0.2, 0) is 11.2 Å². The highest BCUT2D eigenvalue weighted by molar-refractivity contribution is 7.18. The highest BCUT2D eigenvalue weighted by atomic mass is 35.5. The molecule has 1 amide bonds. The highest BCUT2D eigenvalue weighted by Crippen LogP contribution is 2.24. The van der Waals surface area contributed by atoms with Gasteiger partial charge in [-0.1, -0.05) is 31.2 Å². The number of thiazole rings is 1. The van der Waals surface area contributed by atoms with Crippen LogP contribution in [0.2, 0.25) is 0 Å². The van der Waals surface area contributed by atoms with Crippen LogP contribution in [-0.4, -0.2) is 23.5 Å². The standard InChI is InChI=1S/C20H23N3OS.ClH/c1-3-12-21-14(2)20(24)22-16-10-8-15(9-11-16)13-19-23-17-6-4-5-7-18(17)25-19;/h4-11,14,21H,3,12-13H2,1-2H3,(H,22,24);1H. The summed E-state index contributed by atoms with van der Waals surface area (Å²) in [6, 6.07) is 16.0. The van der Waals surface area contributed by atoms with Crippen LogP contribution in [0.3, 0.4) is 0 Å². The molecule has 1 aromatic heterocycles. The second-order valence-electron chi connectivity index (χ2n) is 6.11. The van der Waals surface area contributed by atoms with Gasteiger partial charge in [-0.3, -0.25) is 4.79 Å². The molecule has 0 saturated heterocycles. The molecule has 1 unspecified atom stereocenters. The van der Waals surface area contributed by atoms with Gasteiger partial charge in [-0.25, -0.2) is 4.98 Å². The number of hydrogen-bond acceptors (Lipinski definition) is 4. The van der Waals surface area contributed by atoms with Gasteiger partial charge in [0.15, 0.2) is 0 Å². The van der Waals surface area contributed by atoms with E-state index in [1.165, 1.54) is 10.3 Å². The summed E-state index contributed by atoms with van der Waals surface area (Å²) in [4.78, 5) is 16.8. The molecule has 1 heterocycles. The predicted octanol–water partition coefficient (Wildman–Crippen LogP) is 4.64. The van der Waals surface area contributed by atoms with Crippen LogP contribution >= 0.6 is 23.7 Å². The second-order valence-corrected chi connectivity index (χ2v) is 7.23. The van der Waals surface area contributed by atoms with Gasteiger partial charge in [0.05, 0.1) is 21.3 Å². The monoisotopic (exact) mass is 389 g/mol. The number of fused-ring (bicyclic) bond motifs is 1. The average molecular weight is 390 g/mol. The summed E-state index contributed by atoms with van der Waals surface area (Å²) < 4.78 is 1.22. The van der Waals surface area contributed by atoms with E-state index in [1.807, 2.05) is 49.4 Å². The fraction of sp³-hybridized carbons (Fsp3) is 0.300. The van der Waals surface area contributed by atoms with Crippen molar-refractivity contribution >= 4 is 45.6 Å². The predicted molar refractivity (Wildman–Crippen MR) is 113 cm³/mol. The molecule has 6 heteroatoms. The summed E-state index contributed by atoms with van der Waals surface area (Å²) in [6.07, 6.45) is 1.82. The minimum Gasteiger partial charge on any atom is -0.325 e. The van der Waals surface area contributed by atoms with Gasteiger partial charge in [0, 0.05) is 12.1 Å². The van der Waals surface area contributed by atoms with Crippen LogP contribution in [0.15, 0.2) is 48.5 Å². The van der Waals surface area contributed by atoms with Crippen molar-refractivity contribution in [2.45, 2.75) is 32.7 Å². The lowest BCUT2D eigenvalue weighted by Crippen LogP contribution is -2.38. The van der Waals surface area contributed by atoms with Crippen molar-refractivity contribution in [2.24, 2.45) is 0 Å². The van der Waals surface area contributed by atoms with Crippen molar-refractivity contribution in [1.82, 2.24) is 10.3 Å². The number of aromatic nitrogens is 1. The lowest BCUT2D eigenvalue weighted by Gasteiger charge is -2.13. The summed E-state index contributed by atoms with van der Waals surface area (Å²) in [5.41, 5.74) is 3.07. The van der Waals surface area contributed by atoms with Crippen LogP contribution in [0.5, 0.6) is 0 Å². The van der Waals surface area contributed by atoms with Crippen molar-refractivity contribution in [3.63, 3.8) is 0 Å². The topological polar surface area (TPSA) is 54.0 Å². The van der Waals surface area contributed by atoms with E-state index in [4.69, 9.17) is 0 Å². The number of para-hydroxylation sites is 1. The lowest BCUT2D eigenvalue weighted by atomic mass is 10.1. The van der Waals surface area contributed by atoms with Gasteiger partial charge in [0.1, 0.15) is 0 Å². The van der Waals surface area contributed by atoms with Gasteiger partial charge >= 0.3 is 0 Å². The molecule has 3 aromatic rings. The van der Waals surface area contributed by atoms with E-state index in [0.717, 1.165) is 35.6 Å². The number of halogens is 1. The number of nitrogens with one attached hydrogen (secondary N) is 2. The van der Waals surface area contributed by atoms with E-state index in [-0.39, 0.29) is 24.4 Å². The summed E-state index contributed by atoms with van der Waals surface area (Å²) in [5, 5.41) is 7.25. The summed E-state index contributed by atoms with van der Waals surface area (Å²) in [7, 11) is 0. The number of hydrogen-bond donors (Lipinski definition) is 2. The molecule has 0 aliphatic heterocycles. The molecule has 0 saturated carbocycles. The summed E-state index contributed by atoms with van der Waals surface area (Å²) in [6.45, 7) is 4.81. The third kappa shape index (κ3) is 5.27. The normalized spacial score (nSPS) is 11.8. The van der Waals surface area contributed by atoms with Crippen molar-refractivity contribution in [2.75, 3.05) is 11.9 Å². The average Bonchev–Trinajstić information content (AvgIpc) is 3.03. The number of amides is 1. The third-order valence-corrected chi connectivity index (χ3v) is 5.05. The molecular formula is C20H24ClN3OS. The van der Waals surface area contributed by atoms with E-state index in [2.05, 4.69) is 28.6 Å². The van der Waals surface area contributed by atoms with Crippen molar-refractivity contribution in [3.05, 3.63) is 59.1 Å². The smallest absolute Gasteiger partial charge is 0.241 e. The zero-order chi connectivity index (χ0) is 17.6. The Hall–Kier alpha value is -1.95. The molecule has 0 aliphatic rings. The maximum Gasteiger partial charge on any atom is 0.241 e. The molecule has 2 aromatic carbocycles. The van der Waals surface area contributed by atoms with Crippen LogP contribution in [0.4, 0.5) is 5.69 Å². The van der Waals surface area contributed by atoms with Gasteiger partial charge in [-0.15, -0.1) is 23.7 Å². The quantitative estimate of drug-likeness (QED) is 0.619. The molecule has 0 bridgehead atoms. The molecule has 1 atom stereocenters. The van der Waals surface area contributed by atoms with Crippen molar-refractivity contribution in [3.8, 4) is 0 Å². The molecular weight excluding hydrogens is 366 g/mol. The number of benzene rings is 2. The maximum atomic E-state index is 12.1. The molecule has 3 rings (SSSR count). The minimum absolute atomic E-state index is 0. The van der Waals surface area contributed by atoms with Gasteiger partial charge in [0.2, 0.25) is 5.91 Å². The van der Waals surface area contributed by atoms with Gasteiger partial charge in [-0.2, -0.15) is 0 Å². The fourth-order valence-electron chi connectivity index (χ4n) is 2.58. The van der Waals surface area contributed by atoms with Crippen LogP contribution in [0.1, 0.15) is 30.8 Å². The Bertz CT molecular complexity index is 815. The van der Waals surface area contributed by atoms with E-state index >= 15 is 0 Å².